The van der Waals surface area contributed by atoms with Gasteiger partial charge in [0.1, 0.15) is 6.61 Å². The standard InChI is InChI=1S/C77H134NO8P/c1-3-5-7-9-11-13-15-17-19-21-23-25-27-29-31-33-35-36-37-38-40-42-44-46-48-50-52-54-56-58-60-62-64-66-68-70-77(80)86-75(74-85-87(81,82)84-72-71-78)73-83-76(79)69-67-65-63-61-59-57-55-53-51-49-47-45-43-41-39-34-32-30-28-26-24-22-20-18-16-14-12-10-8-6-4-2/h5-8,11-14,17-20,23-26,29,31,35-36,75H,3-4,9-10,15-16,21-22,27-28,30,32-34,37-74,78H2,1-2H3,(H,81,82)/b7-5-,8-6-,13-11-,14-12-,19-17-,20-18-,25-23-,26-24-,31-29-,36-35-. The van der Waals surface area contributed by atoms with E-state index in [1.165, 1.54) is 186 Å². The second kappa shape index (κ2) is 71.5. The van der Waals surface area contributed by atoms with Crippen LogP contribution < -0.4 is 5.73 Å². The third kappa shape index (κ3) is 71.4. The van der Waals surface area contributed by atoms with Gasteiger partial charge in [0.25, 0.3) is 0 Å². The molecule has 10 heteroatoms. The molecule has 0 bridgehead atoms. The van der Waals surface area contributed by atoms with Crippen molar-refractivity contribution in [3.8, 4) is 0 Å². The molecule has 87 heavy (non-hydrogen) atoms. The van der Waals surface area contributed by atoms with E-state index < -0.39 is 26.5 Å². The third-order valence-corrected chi connectivity index (χ3v) is 16.3. The highest BCUT2D eigenvalue weighted by Crippen LogP contribution is 2.43. The predicted molar refractivity (Wildman–Crippen MR) is 376 cm³/mol. The molecule has 2 unspecified atom stereocenters. The van der Waals surface area contributed by atoms with Crippen molar-refractivity contribution in [2.45, 2.75) is 328 Å². The number of phosphoric acid groups is 1. The number of rotatable bonds is 67. The van der Waals surface area contributed by atoms with Crippen LogP contribution in [0.25, 0.3) is 0 Å². The van der Waals surface area contributed by atoms with Gasteiger partial charge < -0.3 is 20.1 Å². The van der Waals surface area contributed by atoms with E-state index in [4.69, 9.17) is 24.3 Å². The SMILES string of the molecule is CC/C=C\C/C=C\C/C=C\C/C=C\C/C=C\C/C=C\CCCCCCCCCCCCCCCCCCC(=O)OC(COC(=O)CCCCCCCCCCCCCCCCCCCC/C=C\C/C=C\C/C=C\C/C=C\CC)COP(=O)(O)OCCN. The van der Waals surface area contributed by atoms with Crippen LogP contribution in [-0.2, 0) is 32.7 Å². The number of ether oxygens (including phenoxy) is 2. The summed E-state index contributed by atoms with van der Waals surface area (Å²) in [6.45, 7) is 3.55. The van der Waals surface area contributed by atoms with Crippen molar-refractivity contribution in [2.24, 2.45) is 5.73 Å². The van der Waals surface area contributed by atoms with Crippen molar-refractivity contribution >= 4 is 19.8 Å². The number of hydrogen-bond donors (Lipinski definition) is 2. The van der Waals surface area contributed by atoms with Crippen molar-refractivity contribution in [1.82, 2.24) is 0 Å². The minimum atomic E-state index is -4.40. The number of esters is 2. The maximum atomic E-state index is 12.8. The van der Waals surface area contributed by atoms with Crippen LogP contribution >= 0.6 is 7.82 Å². The molecular formula is C77H134NO8P. The summed E-state index contributed by atoms with van der Waals surface area (Å²) < 4.78 is 33.2. The average Bonchev–Trinajstić information content (AvgIpc) is 3.64. The van der Waals surface area contributed by atoms with E-state index in [-0.39, 0.29) is 38.6 Å². The molecule has 0 heterocycles. The fourth-order valence-electron chi connectivity index (χ4n) is 10.1. The predicted octanol–water partition coefficient (Wildman–Crippen LogP) is 23.9. The van der Waals surface area contributed by atoms with Gasteiger partial charge in [0.2, 0.25) is 0 Å². The number of nitrogens with two attached hydrogens (primary N) is 1. The van der Waals surface area contributed by atoms with Crippen molar-refractivity contribution in [3.05, 3.63) is 122 Å². The molecule has 0 aliphatic carbocycles. The molecule has 0 saturated heterocycles. The van der Waals surface area contributed by atoms with E-state index in [9.17, 15) is 19.0 Å². The monoisotopic (exact) mass is 1230 g/mol. The number of allylic oxidation sites excluding steroid dienone is 20. The summed E-state index contributed by atoms with van der Waals surface area (Å²) in [6, 6.07) is 0. The topological polar surface area (TPSA) is 134 Å². The second-order valence-electron chi connectivity index (χ2n) is 23.7. The highest BCUT2D eigenvalue weighted by Gasteiger charge is 2.26. The zero-order valence-corrected chi connectivity index (χ0v) is 57.1. The van der Waals surface area contributed by atoms with Gasteiger partial charge >= 0.3 is 19.8 Å². The fraction of sp³-hybridized carbons (Fsp3) is 0.714. The van der Waals surface area contributed by atoms with E-state index in [0.717, 1.165) is 103 Å². The molecule has 500 valence electrons. The molecule has 0 saturated carbocycles. The molecule has 0 radical (unpaired) electrons. The minimum Gasteiger partial charge on any atom is -0.462 e. The van der Waals surface area contributed by atoms with E-state index in [1.807, 2.05) is 0 Å². The summed E-state index contributed by atoms with van der Waals surface area (Å²) in [5, 5.41) is 0. The largest absolute Gasteiger partial charge is 0.472 e. The Labute approximate surface area is 536 Å². The van der Waals surface area contributed by atoms with E-state index in [0.29, 0.717) is 6.42 Å². The molecule has 0 aliphatic heterocycles. The molecular weight excluding hydrogens is 1100 g/mol. The van der Waals surface area contributed by atoms with Crippen LogP contribution in [-0.4, -0.2) is 49.3 Å². The van der Waals surface area contributed by atoms with Crippen LogP contribution in [0.3, 0.4) is 0 Å². The Kier molecular flexibility index (Phi) is 68.5. The van der Waals surface area contributed by atoms with Crippen LogP contribution in [0, 0.1) is 0 Å². The molecule has 0 fully saturated rings. The van der Waals surface area contributed by atoms with Crippen molar-refractivity contribution in [3.63, 3.8) is 0 Å². The molecule has 3 N–H and O–H groups in total. The quantitative estimate of drug-likeness (QED) is 0.0264. The van der Waals surface area contributed by atoms with E-state index in [2.05, 4.69) is 135 Å². The number of phosphoric ester groups is 1. The normalized spacial score (nSPS) is 13.7. The molecule has 0 aliphatic rings. The van der Waals surface area contributed by atoms with Crippen LogP contribution in [0.5, 0.6) is 0 Å². The van der Waals surface area contributed by atoms with E-state index >= 15 is 0 Å². The lowest BCUT2D eigenvalue weighted by Gasteiger charge is -2.19. The Hall–Kier alpha value is -3.59. The Balaban J connectivity index is 3.86. The summed E-state index contributed by atoms with van der Waals surface area (Å²) in [5.41, 5.74) is 5.41. The lowest BCUT2D eigenvalue weighted by molar-refractivity contribution is -0.161. The fourth-order valence-corrected chi connectivity index (χ4v) is 10.9. The van der Waals surface area contributed by atoms with Gasteiger partial charge in [-0.1, -0.05) is 328 Å². The maximum Gasteiger partial charge on any atom is 0.472 e. The summed E-state index contributed by atoms with van der Waals surface area (Å²) in [6.07, 6.45) is 100. The van der Waals surface area contributed by atoms with Gasteiger partial charge in [0.05, 0.1) is 13.2 Å². The maximum absolute atomic E-state index is 12.8. The smallest absolute Gasteiger partial charge is 0.462 e. The molecule has 0 aromatic carbocycles. The Morgan fingerprint density at radius 3 is 0.885 bits per heavy atom. The van der Waals surface area contributed by atoms with Crippen molar-refractivity contribution < 1.29 is 37.6 Å². The van der Waals surface area contributed by atoms with Crippen LogP contribution in [0.15, 0.2) is 122 Å². The molecule has 0 rings (SSSR count). The summed E-state index contributed by atoms with van der Waals surface area (Å²) in [5.74, 6) is -0.819. The molecule has 0 amide bonds. The van der Waals surface area contributed by atoms with Gasteiger partial charge in [0.15, 0.2) is 6.10 Å². The summed E-state index contributed by atoms with van der Waals surface area (Å²) in [4.78, 5) is 35.4. The van der Waals surface area contributed by atoms with Gasteiger partial charge in [-0.05, 0) is 103 Å². The zero-order valence-electron chi connectivity index (χ0n) is 56.2. The first kappa shape index (κ1) is 83.4. The average molecular weight is 1230 g/mol. The summed E-state index contributed by atoms with van der Waals surface area (Å²) in [7, 11) is -4.40. The van der Waals surface area contributed by atoms with Crippen LogP contribution in [0.1, 0.15) is 322 Å². The first-order chi connectivity index (χ1) is 42.8. The number of unbranched alkanes of at least 4 members (excludes halogenated alkanes) is 34. The van der Waals surface area contributed by atoms with Gasteiger partial charge in [0, 0.05) is 19.4 Å². The Morgan fingerprint density at radius 2 is 0.598 bits per heavy atom. The van der Waals surface area contributed by atoms with Gasteiger partial charge in [-0.25, -0.2) is 4.57 Å². The highest BCUT2D eigenvalue weighted by atomic mass is 31.2. The van der Waals surface area contributed by atoms with Crippen LogP contribution in [0.4, 0.5) is 0 Å². The van der Waals surface area contributed by atoms with Gasteiger partial charge in [-0.3, -0.25) is 18.6 Å². The highest BCUT2D eigenvalue weighted by molar-refractivity contribution is 7.47. The number of hydrogen-bond acceptors (Lipinski definition) is 8. The second-order valence-corrected chi connectivity index (χ2v) is 25.1. The van der Waals surface area contributed by atoms with Gasteiger partial charge in [-0.15, -0.1) is 0 Å². The van der Waals surface area contributed by atoms with Crippen LogP contribution in [0.2, 0.25) is 0 Å². The summed E-state index contributed by atoms with van der Waals surface area (Å²) >= 11 is 0. The molecule has 2 atom stereocenters. The molecule has 9 nitrogen and oxygen atoms in total. The molecule has 0 aromatic rings. The van der Waals surface area contributed by atoms with E-state index in [1.54, 1.807) is 0 Å². The lowest BCUT2D eigenvalue weighted by atomic mass is 10.0. The first-order valence-electron chi connectivity index (χ1n) is 36.0. The lowest BCUT2D eigenvalue weighted by Crippen LogP contribution is -2.29. The van der Waals surface area contributed by atoms with Gasteiger partial charge in [-0.2, -0.15) is 0 Å². The Morgan fingerprint density at radius 1 is 0.345 bits per heavy atom. The van der Waals surface area contributed by atoms with Crippen molar-refractivity contribution in [2.75, 3.05) is 26.4 Å². The minimum absolute atomic E-state index is 0.0509. The third-order valence-electron chi connectivity index (χ3n) is 15.3. The van der Waals surface area contributed by atoms with Crippen molar-refractivity contribution in [1.29, 1.82) is 0 Å². The first-order valence-corrected chi connectivity index (χ1v) is 37.5. The number of carbonyl (C=O) groups is 2. The zero-order chi connectivity index (χ0) is 63.0. The number of carbonyl (C=O) groups excluding carboxylic acids is 2. The molecule has 0 aromatic heterocycles. The Bertz CT molecular complexity index is 1840. The molecule has 0 spiro atoms.